The zero-order chi connectivity index (χ0) is 13.2. The maximum atomic E-state index is 5.97. The van der Waals surface area contributed by atoms with Gasteiger partial charge in [0, 0.05) is 0 Å². The van der Waals surface area contributed by atoms with Gasteiger partial charge in [-0.3, -0.25) is 0 Å². The molecular formula is C17H28O. The van der Waals surface area contributed by atoms with Crippen molar-refractivity contribution in [1.29, 1.82) is 0 Å². The van der Waals surface area contributed by atoms with Gasteiger partial charge in [-0.1, -0.05) is 24.6 Å². The number of rotatable bonds is 0. The number of hydrogen-bond acceptors (Lipinski definition) is 1. The fraction of sp³-hybridized carbons (Fsp3) is 0.765. The lowest BCUT2D eigenvalue weighted by Gasteiger charge is -2.21. The van der Waals surface area contributed by atoms with Crippen LogP contribution < -0.4 is 0 Å². The monoisotopic (exact) mass is 248 g/mol. The first-order valence-corrected chi connectivity index (χ1v) is 7.46. The fourth-order valence-electron chi connectivity index (χ4n) is 2.62. The van der Waals surface area contributed by atoms with Crippen LogP contribution in [-0.4, -0.2) is 12.7 Å². The van der Waals surface area contributed by atoms with Crippen LogP contribution in [0.15, 0.2) is 23.3 Å². The average molecular weight is 248 g/mol. The number of ether oxygens (including phenoxy) is 1. The first-order valence-electron chi connectivity index (χ1n) is 7.46. The van der Waals surface area contributed by atoms with Gasteiger partial charge < -0.3 is 4.74 Å². The van der Waals surface area contributed by atoms with E-state index in [0.29, 0.717) is 17.4 Å². The molecule has 1 spiro atoms. The second kappa shape index (κ2) is 5.61. The number of hydrogen-bond donors (Lipinski definition) is 0. The molecule has 1 nitrogen and oxygen atoms in total. The molecule has 18 heavy (non-hydrogen) atoms. The van der Waals surface area contributed by atoms with Gasteiger partial charge in [0.2, 0.25) is 0 Å². The molecule has 1 heteroatoms. The van der Waals surface area contributed by atoms with E-state index in [1.807, 2.05) is 0 Å². The quantitative estimate of drug-likeness (QED) is 0.555. The zero-order valence-electron chi connectivity index (χ0n) is 12.5. The Bertz CT molecular complexity index is 347. The Morgan fingerprint density at radius 1 is 1.11 bits per heavy atom. The van der Waals surface area contributed by atoms with Crippen LogP contribution >= 0.6 is 0 Å². The molecule has 0 amide bonds. The second-order valence-corrected chi connectivity index (χ2v) is 6.57. The number of allylic oxidation sites excluding steroid dienone is 2. The maximum Gasteiger partial charge on any atom is 0.0680 e. The van der Waals surface area contributed by atoms with Crippen molar-refractivity contribution in [2.75, 3.05) is 6.61 Å². The van der Waals surface area contributed by atoms with Gasteiger partial charge >= 0.3 is 0 Å². The van der Waals surface area contributed by atoms with Gasteiger partial charge in [0.1, 0.15) is 0 Å². The first-order chi connectivity index (χ1) is 8.52. The van der Waals surface area contributed by atoms with Crippen LogP contribution in [0.25, 0.3) is 0 Å². The van der Waals surface area contributed by atoms with Crippen molar-refractivity contribution in [2.45, 2.75) is 65.9 Å². The van der Waals surface area contributed by atoms with E-state index in [4.69, 9.17) is 4.74 Å². The molecular weight excluding hydrogens is 220 g/mol. The minimum Gasteiger partial charge on any atom is -0.374 e. The Labute approximate surface area is 112 Å². The van der Waals surface area contributed by atoms with E-state index >= 15 is 0 Å². The normalized spacial score (nSPS) is 38.9. The molecule has 0 unspecified atom stereocenters. The predicted molar refractivity (Wildman–Crippen MR) is 77.6 cm³/mol. The van der Waals surface area contributed by atoms with Crippen LogP contribution in [-0.2, 0) is 4.74 Å². The third-order valence-corrected chi connectivity index (χ3v) is 5.01. The summed E-state index contributed by atoms with van der Waals surface area (Å²) in [5.41, 5.74) is 3.64. The van der Waals surface area contributed by atoms with Crippen molar-refractivity contribution in [3.63, 3.8) is 0 Å². The molecule has 0 N–H and O–H groups in total. The molecule has 102 valence electrons. The van der Waals surface area contributed by atoms with Crippen LogP contribution in [0.5, 0.6) is 0 Å². The minimum atomic E-state index is 0.318. The molecule has 1 aliphatic heterocycles. The van der Waals surface area contributed by atoms with Crippen molar-refractivity contribution in [2.24, 2.45) is 11.3 Å². The average Bonchev–Trinajstić information content (AvgIpc) is 3.12. The topological polar surface area (TPSA) is 9.23 Å². The predicted octanol–water partition coefficient (Wildman–Crippen LogP) is 4.88. The molecule has 0 aromatic rings. The third kappa shape index (κ3) is 3.47. The summed E-state index contributed by atoms with van der Waals surface area (Å²) in [5.74, 6) is 0.522. The van der Waals surface area contributed by atoms with E-state index in [1.165, 1.54) is 37.7 Å². The summed E-state index contributed by atoms with van der Waals surface area (Å²) >= 11 is 0. The van der Waals surface area contributed by atoms with Crippen molar-refractivity contribution >= 4 is 0 Å². The van der Waals surface area contributed by atoms with Gasteiger partial charge in [-0.2, -0.15) is 0 Å². The summed E-state index contributed by atoms with van der Waals surface area (Å²) in [6.45, 7) is 9.77. The Morgan fingerprint density at radius 3 is 2.50 bits per heavy atom. The molecule has 1 fully saturated rings. The highest BCUT2D eigenvalue weighted by Gasteiger charge is 2.40. The zero-order valence-corrected chi connectivity index (χ0v) is 12.5. The third-order valence-electron chi connectivity index (χ3n) is 5.01. The van der Waals surface area contributed by atoms with Gasteiger partial charge in [-0.05, 0) is 69.8 Å². The first kappa shape index (κ1) is 13.9. The maximum absolute atomic E-state index is 5.97. The summed E-state index contributed by atoms with van der Waals surface area (Å²) in [6.07, 6.45) is 11.9. The summed E-state index contributed by atoms with van der Waals surface area (Å²) in [6, 6.07) is 0. The van der Waals surface area contributed by atoms with E-state index in [0.717, 1.165) is 6.61 Å². The van der Waals surface area contributed by atoms with Crippen molar-refractivity contribution in [1.82, 2.24) is 0 Å². The Kier molecular flexibility index (Phi) is 4.32. The Morgan fingerprint density at radius 2 is 1.83 bits per heavy atom. The van der Waals surface area contributed by atoms with E-state index in [2.05, 4.69) is 39.8 Å². The van der Waals surface area contributed by atoms with Gasteiger partial charge in [0.05, 0.1) is 12.7 Å². The molecule has 0 saturated heterocycles. The van der Waals surface area contributed by atoms with Crippen LogP contribution in [0.3, 0.4) is 0 Å². The SMILES string of the molecule is C/C1=C(\C)CO[C@H](C)[C@H](C)/C=C\CC2(CC1)CC2. The highest BCUT2D eigenvalue weighted by molar-refractivity contribution is 5.12. The summed E-state index contributed by atoms with van der Waals surface area (Å²) < 4.78 is 5.97. The summed E-state index contributed by atoms with van der Waals surface area (Å²) in [5, 5.41) is 0. The highest BCUT2D eigenvalue weighted by atomic mass is 16.5. The van der Waals surface area contributed by atoms with Crippen LogP contribution in [0.1, 0.15) is 59.8 Å². The Balaban J connectivity index is 2.08. The largest absolute Gasteiger partial charge is 0.374 e. The molecule has 0 aromatic carbocycles. The highest BCUT2D eigenvalue weighted by Crippen LogP contribution is 2.53. The van der Waals surface area contributed by atoms with E-state index in [1.54, 1.807) is 5.57 Å². The van der Waals surface area contributed by atoms with Crippen LogP contribution in [0.4, 0.5) is 0 Å². The van der Waals surface area contributed by atoms with Gasteiger partial charge in [-0.25, -0.2) is 0 Å². The van der Waals surface area contributed by atoms with Crippen molar-refractivity contribution in [3.8, 4) is 0 Å². The molecule has 2 atom stereocenters. The van der Waals surface area contributed by atoms with Gasteiger partial charge in [0.15, 0.2) is 0 Å². The smallest absolute Gasteiger partial charge is 0.0680 e. The van der Waals surface area contributed by atoms with Gasteiger partial charge in [-0.15, -0.1) is 0 Å². The Hall–Kier alpha value is -0.560. The summed E-state index contributed by atoms with van der Waals surface area (Å²) in [4.78, 5) is 0. The summed E-state index contributed by atoms with van der Waals surface area (Å²) in [7, 11) is 0. The van der Waals surface area contributed by atoms with E-state index < -0.39 is 0 Å². The minimum absolute atomic E-state index is 0.318. The molecule has 1 saturated carbocycles. The lowest BCUT2D eigenvalue weighted by Crippen LogP contribution is -2.18. The van der Waals surface area contributed by atoms with Gasteiger partial charge in [0.25, 0.3) is 0 Å². The molecule has 2 rings (SSSR count). The fourth-order valence-corrected chi connectivity index (χ4v) is 2.62. The molecule has 1 heterocycles. The molecule has 0 aromatic heterocycles. The van der Waals surface area contributed by atoms with Crippen LogP contribution in [0.2, 0.25) is 0 Å². The molecule has 0 radical (unpaired) electrons. The van der Waals surface area contributed by atoms with Crippen LogP contribution in [0, 0.1) is 11.3 Å². The van der Waals surface area contributed by atoms with Crippen molar-refractivity contribution < 1.29 is 4.74 Å². The standard InChI is InChI=1S/C17H28O/c1-13-7-9-17(10-11-17)8-5-6-14(2)16(4)18-12-15(13)3/h5-6,14,16H,7-12H2,1-4H3/b6-5-,15-13-/t14-,16-/m1/s1. The van der Waals surface area contributed by atoms with Crippen molar-refractivity contribution in [3.05, 3.63) is 23.3 Å². The molecule has 1 aliphatic carbocycles. The molecule has 0 bridgehead atoms. The van der Waals surface area contributed by atoms with E-state index in [9.17, 15) is 0 Å². The molecule has 2 aliphatic rings. The lowest BCUT2D eigenvalue weighted by molar-refractivity contribution is 0.0580. The second-order valence-electron chi connectivity index (χ2n) is 6.57. The lowest BCUT2D eigenvalue weighted by atomic mass is 9.91. The van der Waals surface area contributed by atoms with E-state index in [-0.39, 0.29) is 0 Å².